The Bertz CT molecular complexity index is 725. The van der Waals surface area contributed by atoms with Crippen LogP contribution in [0.5, 0.6) is 0 Å². The maximum Gasteiger partial charge on any atom is 0.240 e. The smallest absolute Gasteiger partial charge is 0.240 e. The molecule has 0 unspecified atom stereocenters. The van der Waals surface area contributed by atoms with E-state index in [1.165, 1.54) is 6.26 Å². The van der Waals surface area contributed by atoms with Crippen molar-refractivity contribution in [3.8, 4) is 0 Å². The maximum atomic E-state index is 12.4. The Kier molecular flexibility index (Phi) is 4.74. The van der Waals surface area contributed by atoms with Crippen LogP contribution in [0.3, 0.4) is 0 Å². The second kappa shape index (κ2) is 7.12. The van der Waals surface area contributed by atoms with Gasteiger partial charge in [-0.2, -0.15) is 0 Å². The molecule has 6 nitrogen and oxygen atoms in total. The number of carbonyl (C=O) groups excluding carboxylic acids is 3. The summed E-state index contributed by atoms with van der Waals surface area (Å²) in [6.45, 7) is -0.0147. The molecule has 0 bridgehead atoms. The van der Waals surface area contributed by atoms with Crippen molar-refractivity contribution in [2.24, 2.45) is 5.92 Å². The fraction of sp³-hybridized carbons (Fsp3) is 0.278. The molecule has 1 aromatic carbocycles. The van der Waals surface area contributed by atoms with Gasteiger partial charge in [0.2, 0.25) is 17.7 Å². The number of furan rings is 1. The number of nitrogens with one attached hydrogen (secondary N) is 1. The summed E-state index contributed by atoms with van der Waals surface area (Å²) in [5, 5.41) is 2.64. The van der Waals surface area contributed by atoms with E-state index in [1.54, 1.807) is 12.1 Å². The van der Waals surface area contributed by atoms with E-state index in [9.17, 15) is 14.4 Å². The zero-order chi connectivity index (χ0) is 16.9. The van der Waals surface area contributed by atoms with Gasteiger partial charge in [-0.3, -0.25) is 19.3 Å². The Morgan fingerprint density at radius 2 is 1.96 bits per heavy atom. The van der Waals surface area contributed by atoms with Gasteiger partial charge in [0, 0.05) is 6.42 Å². The molecular formula is C18H18N2O4. The minimum absolute atomic E-state index is 0.152. The summed E-state index contributed by atoms with van der Waals surface area (Å²) in [5.74, 6) is -0.735. The summed E-state index contributed by atoms with van der Waals surface area (Å²) >= 11 is 0. The van der Waals surface area contributed by atoms with Gasteiger partial charge in [0.25, 0.3) is 0 Å². The Hall–Kier alpha value is -2.89. The largest absolute Gasteiger partial charge is 0.467 e. The molecule has 124 valence electrons. The van der Waals surface area contributed by atoms with E-state index in [1.807, 2.05) is 30.3 Å². The van der Waals surface area contributed by atoms with Crippen LogP contribution < -0.4 is 5.32 Å². The van der Waals surface area contributed by atoms with Gasteiger partial charge < -0.3 is 9.73 Å². The molecule has 3 rings (SSSR count). The lowest BCUT2D eigenvalue weighted by Gasteiger charge is -2.14. The molecule has 0 spiro atoms. The lowest BCUT2D eigenvalue weighted by atomic mass is 9.98. The summed E-state index contributed by atoms with van der Waals surface area (Å²) in [4.78, 5) is 37.5. The van der Waals surface area contributed by atoms with Crippen LogP contribution in [0.15, 0.2) is 53.1 Å². The zero-order valence-electron chi connectivity index (χ0n) is 13.1. The summed E-state index contributed by atoms with van der Waals surface area (Å²) in [5.41, 5.74) is 1.01. The maximum absolute atomic E-state index is 12.4. The van der Waals surface area contributed by atoms with E-state index in [4.69, 9.17) is 4.42 Å². The summed E-state index contributed by atoms with van der Waals surface area (Å²) in [6.07, 6.45) is 2.18. The fourth-order valence-corrected chi connectivity index (χ4v) is 2.77. The third-order valence-corrected chi connectivity index (χ3v) is 4.00. The fourth-order valence-electron chi connectivity index (χ4n) is 2.77. The highest BCUT2D eigenvalue weighted by Gasteiger charge is 2.39. The standard InChI is InChI=1S/C18H18N2O4/c21-16(19-11-15-7-4-8-24-15)12-20-17(22)10-14(18(20)23)9-13-5-2-1-3-6-13/h1-8,14H,9-12H2,(H,19,21)/t14-/m0/s1. The number of rotatable bonds is 6. The number of carbonyl (C=O) groups is 3. The van der Waals surface area contributed by atoms with Crippen molar-refractivity contribution in [2.45, 2.75) is 19.4 Å². The molecule has 24 heavy (non-hydrogen) atoms. The monoisotopic (exact) mass is 326 g/mol. The molecule has 3 amide bonds. The van der Waals surface area contributed by atoms with Crippen molar-refractivity contribution in [1.29, 1.82) is 0 Å². The Morgan fingerprint density at radius 1 is 1.17 bits per heavy atom. The highest BCUT2D eigenvalue weighted by atomic mass is 16.3. The highest BCUT2D eigenvalue weighted by molar-refractivity contribution is 6.06. The molecule has 0 saturated carbocycles. The van der Waals surface area contributed by atoms with Crippen molar-refractivity contribution in [3.63, 3.8) is 0 Å². The molecule has 0 aliphatic carbocycles. The van der Waals surface area contributed by atoms with E-state index in [0.717, 1.165) is 10.5 Å². The van der Waals surface area contributed by atoms with Crippen molar-refractivity contribution in [2.75, 3.05) is 6.54 Å². The minimum Gasteiger partial charge on any atom is -0.467 e. The summed E-state index contributed by atoms with van der Waals surface area (Å²) < 4.78 is 5.12. The van der Waals surface area contributed by atoms with Crippen molar-refractivity contribution in [1.82, 2.24) is 10.2 Å². The molecule has 1 aliphatic rings. The van der Waals surface area contributed by atoms with Crippen LogP contribution in [-0.2, 0) is 27.3 Å². The third kappa shape index (κ3) is 3.71. The average Bonchev–Trinajstić information content (AvgIpc) is 3.18. The predicted octanol–water partition coefficient (Wildman–Crippen LogP) is 1.51. The van der Waals surface area contributed by atoms with Crippen LogP contribution in [0.4, 0.5) is 0 Å². The normalized spacial score (nSPS) is 17.3. The third-order valence-electron chi connectivity index (χ3n) is 4.00. The van der Waals surface area contributed by atoms with Gasteiger partial charge >= 0.3 is 0 Å². The molecule has 2 heterocycles. The number of hydrogen-bond donors (Lipinski definition) is 1. The lowest BCUT2D eigenvalue weighted by molar-refractivity contribution is -0.143. The van der Waals surface area contributed by atoms with Crippen LogP contribution in [0.1, 0.15) is 17.7 Å². The van der Waals surface area contributed by atoms with Crippen molar-refractivity contribution < 1.29 is 18.8 Å². The van der Waals surface area contributed by atoms with Crippen LogP contribution >= 0.6 is 0 Å². The number of benzene rings is 1. The van der Waals surface area contributed by atoms with E-state index < -0.39 is 5.92 Å². The number of likely N-dealkylation sites (tertiary alicyclic amines) is 1. The lowest BCUT2D eigenvalue weighted by Crippen LogP contribution is -2.40. The van der Waals surface area contributed by atoms with E-state index in [0.29, 0.717) is 12.2 Å². The van der Waals surface area contributed by atoms with Gasteiger partial charge in [0.05, 0.1) is 18.7 Å². The molecular weight excluding hydrogens is 308 g/mol. The molecule has 1 saturated heterocycles. The number of nitrogens with zero attached hydrogens (tertiary/aromatic N) is 1. The van der Waals surface area contributed by atoms with Gasteiger partial charge in [-0.05, 0) is 24.1 Å². The molecule has 6 heteroatoms. The molecule has 1 atom stereocenters. The number of imide groups is 1. The summed E-state index contributed by atoms with van der Waals surface area (Å²) in [7, 11) is 0. The van der Waals surface area contributed by atoms with Crippen molar-refractivity contribution >= 4 is 17.7 Å². The van der Waals surface area contributed by atoms with E-state index in [-0.39, 0.29) is 37.2 Å². The Morgan fingerprint density at radius 3 is 2.67 bits per heavy atom. The van der Waals surface area contributed by atoms with Gasteiger partial charge in [-0.25, -0.2) is 0 Å². The van der Waals surface area contributed by atoms with E-state index in [2.05, 4.69) is 5.32 Å². The predicted molar refractivity (Wildman–Crippen MR) is 85.5 cm³/mol. The minimum atomic E-state index is -0.391. The van der Waals surface area contributed by atoms with Gasteiger partial charge in [-0.1, -0.05) is 30.3 Å². The zero-order valence-corrected chi connectivity index (χ0v) is 13.1. The van der Waals surface area contributed by atoms with E-state index >= 15 is 0 Å². The van der Waals surface area contributed by atoms with Crippen LogP contribution in [0.2, 0.25) is 0 Å². The Balaban J connectivity index is 1.55. The molecule has 0 radical (unpaired) electrons. The molecule has 1 fully saturated rings. The first-order chi connectivity index (χ1) is 11.6. The second-order valence-electron chi connectivity index (χ2n) is 5.76. The van der Waals surface area contributed by atoms with Crippen molar-refractivity contribution in [3.05, 3.63) is 60.1 Å². The Labute approximate surface area is 139 Å². The number of hydrogen-bond acceptors (Lipinski definition) is 4. The topological polar surface area (TPSA) is 79.6 Å². The van der Waals surface area contributed by atoms with Crippen LogP contribution in [-0.4, -0.2) is 29.2 Å². The van der Waals surface area contributed by atoms with Gasteiger partial charge in [0.15, 0.2) is 0 Å². The molecule has 1 aliphatic heterocycles. The van der Waals surface area contributed by atoms with Crippen LogP contribution in [0, 0.1) is 5.92 Å². The molecule has 2 aromatic rings. The quantitative estimate of drug-likeness (QED) is 0.816. The SMILES string of the molecule is O=C(CN1C(=O)C[C@H](Cc2ccccc2)C1=O)NCc1ccco1. The van der Waals surface area contributed by atoms with Gasteiger partial charge in [0.1, 0.15) is 12.3 Å². The molecule has 1 N–H and O–H groups in total. The first kappa shape index (κ1) is 16.0. The highest BCUT2D eigenvalue weighted by Crippen LogP contribution is 2.23. The van der Waals surface area contributed by atoms with Gasteiger partial charge in [-0.15, -0.1) is 0 Å². The first-order valence-corrected chi connectivity index (χ1v) is 7.80. The summed E-state index contributed by atoms with van der Waals surface area (Å²) in [6, 6.07) is 13.0. The number of amides is 3. The second-order valence-corrected chi connectivity index (χ2v) is 5.76. The first-order valence-electron chi connectivity index (χ1n) is 7.80. The van der Waals surface area contributed by atoms with Crippen LogP contribution in [0.25, 0.3) is 0 Å². The average molecular weight is 326 g/mol. The molecule has 1 aromatic heterocycles.